The summed E-state index contributed by atoms with van der Waals surface area (Å²) in [7, 11) is -1.29. The Bertz CT molecular complexity index is 821. The van der Waals surface area contributed by atoms with Crippen molar-refractivity contribution in [2.45, 2.75) is 64.9 Å². The second-order valence-corrected chi connectivity index (χ2v) is 11.7. The third-order valence-electron chi connectivity index (χ3n) is 6.05. The molecule has 3 rings (SSSR count). The molecule has 1 radical (unpaired) electrons. The second-order valence-electron chi connectivity index (χ2n) is 9.59. The topological polar surface area (TPSA) is 44.8 Å². The lowest BCUT2D eigenvalue weighted by molar-refractivity contribution is -0.151. The number of hydrogen-bond donors (Lipinski definition) is 0. The van der Waals surface area contributed by atoms with Gasteiger partial charge in [0.05, 0.1) is 12.7 Å². The molecule has 5 heteroatoms. The Morgan fingerprint density at radius 1 is 0.938 bits per heavy atom. The summed E-state index contributed by atoms with van der Waals surface area (Å²) in [5, 5.41) is 2.58. The first kappa shape index (κ1) is 24.7. The van der Waals surface area contributed by atoms with Gasteiger partial charge in [-0.15, -0.1) is 0 Å². The van der Waals surface area contributed by atoms with E-state index < -0.39 is 9.04 Å². The summed E-state index contributed by atoms with van der Waals surface area (Å²) in [6.07, 6.45) is 4.24. The van der Waals surface area contributed by atoms with Gasteiger partial charge in [-0.2, -0.15) is 0 Å². The Morgan fingerprint density at radius 2 is 1.56 bits per heavy atom. The van der Waals surface area contributed by atoms with Crippen LogP contribution in [0.25, 0.3) is 0 Å². The predicted molar refractivity (Wildman–Crippen MR) is 131 cm³/mol. The van der Waals surface area contributed by atoms with E-state index in [9.17, 15) is 4.79 Å². The molecule has 0 heterocycles. The van der Waals surface area contributed by atoms with Crippen molar-refractivity contribution in [3.8, 4) is 0 Å². The van der Waals surface area contributed by atoms with Crippen molar-refractivity contribution in [3.63, 3.8) is 0 Å². The lowest BCUT2D eigenvalue weighted by Gasteiger charge is -2.29. The zero-order valence-electron chi connectivity index (χ0n) is 19.9. The van der Waals surface area contributed by atoms with Gasteiger partial charge in [0.15, 0.2) is 0 Å². The Hall–Kier alpha value is -1.95. The molecule has 0 atom stereocenters. The van der Waals surface area contributed by atoms with Crippen LogP contribution in [0.5, 0.6) is 0 Å². The average molecular weight is 454 g/mol. The predicted octanol–water partition coefficient (Wildman–Crippen LogP) is 4.24. The summed E-state index contributed by atoms with van der Waals surface area (Å²) in [4.78, 5) is 11.5. The van der Waals surface area contributed by atoms with Crippen molar-refractivity contribution in [1.82, 2.24) is 0 Å². The summed E-state index contributed by atoms with van der Waals surface area (Å²) < 4.78 is 17.3. The fraction of sp³-hybridized carbons (Fsp3) is 0.519. The number of rotatable bonds is 9. The monoisotopic (exact) mass is 453 g/mol. The SMILES string of the molecule is CCOC(=O)COC1CCC(CO[Si](c2ccccc2)c2ccc(C(C)(C)C)cc2)CC1. The van der Waals surface area contributed by atoms with Crippen LogP contribution in [-0.4, -0.2) is 40.9 Å². The number of carbonyl (C=O) groups excluding carboxylic acids is 1. The highest BCUT2D eigenvalue weighted by Gasteiger charge is 2.26. The Kier molecular flexibility index (Phi) is 9.08. The summed E-state index contributed by atoms with van der Waals surface area (Å²) in [5.74, 6) is 0.264. The molecule has 1 saturated carbocycles. The smallest absolute Gasteiger partial charge is 0.332 e. The molecule has 0 N–H and O–H groups in total. The minimum absolute atomic E-state index is 0.0609. The van der Waals surface area contributed by atoms with Crippen molar-refractivity contribution < 1.29 is 18.7 Å². The highest BCUT2D eigenvalue weighted by molar-refractivity contribution is 6.80. The minimum Gasteiger partial charge on any atom is -0.464 e. The lowest BCUT2D eigenvalue weighted by atomic mass is 9.87. The van der Waals surface area contributed by atoms with Crippen molar-refractivity contribution in [2.75, 3.05) is 19.8 Å². The van der Waals surface area contributed by atoms with Crippen LogP contribution >= 0.6 is 0 Å². The van der Waals surface area contributed by atoms with E-state index in [1.54, 1.807) is 0 Å². The molecule has 1 fully saturated rings. The largest absolute Gasteiger partial charge is 0.464 e. The number of ether oxygens (including phenoxy) is 2. The van der Waals surface area contributed by atoms with Crippen molar-refractivity contribution in [3.05, 3.63) is 60.2 Å². The van der Waals surface area contributed by atoms with Gasteiger partial charge in [0.2, 0.25) is 0 Å². The zero-order valence-corrected chi connectivity index (χ0v) is 20.9. The molecule has 0 saturated heterocycles. The molecule has 1 aliphatic rings. The molecule has 0 bridgehead atoms. The Balaban J connectivity index is 1.57. The first-order valence-corrected chi connectivity index (χ1v) is 13.2. The number of benzene rings is 2. The van der Waals surface area contributed by atoms with Gasteiger partial charge in [0.1, 0.15) is 6.61 Å². The van der Waals surface area contributed by atoms with E-state index in [0.717, 1.165) is 32.3 Å². The van der Waals surface area contributed by atoms with Gasteiger partial charge in [-0.05, 0) is 59.9 Å². The van der Waals surface area contributed by atoms with Crippen LogP contribution in [0.1, 0.15) is 58.9 Å². The van der Waals surface area contributed by atoms with Gasteiger partial charge >= 0.3 is 5.97 Å². The molecule has 0 aliphatic heterocycles. The fourth-order valence-electron chi connectivity index (χ4n) is 4.10. The quantitative estimate of drug-likeness (QED) is 0.421. The van der Waals surface area contributed by atoms with E-state index in [-0.39, 0.29) is 24.1 Å². The minimum atomic E-state index is -1.29. The van der Waals surface area contributed by atoms with Crippen LogP contribution in [0.4, 0.5) is 0 Å². The normalized spacial score (nSPS) is 19.2. The molecule has 2 aromatic carbocycles. The van der Waals surface area contributed by atoms with Crippen LogP contribution in [0, 0.1) is 5.92 Å². The maximum atomic E-state index is 11.5. The molecular formula is C27H37O4Si. The first-order chi connectivity index (χ1) is 15.4. The van der Waals surface area contributed by atoms with Crippen LogP contribution < -0.4 is 10.4 Å². The van der Waals surface area contributed by atoms with Crippen LogP contribution in [0.3, 0.4) is 0 Å². The molecule has 2 aromatic rings. The third-order valence-corrected chi connectivity index (χ3v) is 8.22. The number of esters is 1. The van der Waals surface area contributed by atoms with Crippen molar-refractivity contribution in [1.29, 1.82) is 0 Å². The van der Waals surface area contributed by atoms with Gasteiger partial charge in [0.25, 0.3) is 9.04 Å². The maximum Gasteiger partial charge on any atom is 0.332 e. The lowest BCUT2D eigenvalue weighted by Crippen LogP contribution is -2.46. The van der Waals surface area contributed by atoms with Crippen LogP contribution in [0.2, 0.25) is 0 Å². The maximum absolute atomic E-state index is 11.5. The zero-order chi connectivity index (χ0) is 23.0. The van der Waals surface area contributed by atoms with Gasteiger partial charge < -0.3 is 13.9 Å². The summed E-state index contributed by atoms with van der Waals surface area (Å²) in [5.41, 5.74) is 1.49. The molecule has 32 heavy (non-hydrogen) atoms. The van der Waals surface area contributed by atoms with Gasteiger partial charge in [0, 0.05) is 6.61 Å². The molecule has 0 unspecified atom stereocenters. The van der Waals surface area contributed by atoms with Crippen molar-refractivity contribution >= 4 is 25.4 Å². The molecular weight excluding hydrogens is 416 g/mol. The Labute approximate surface area is 195 Å². The van der Waals surface area contributed by atoms with Crippen LogP contribution in [-0.2, 0) is 24.1 Å². The van der Waals surface area contributed by atoms with E-state index >= 15 is 0 Å². The third kappa shape index (κ3) is 7.29. The highest BCUT2D eigenvalue weighted by Crippen LogP contribution is 2.27. The van der Waals surface area contributed by atoms with E-state index in [4.69, 9.17) is 13.9 Å². The van der Waals surface area contributed by atoms with E-state index in [0.29, 0.717) is 12.5 Å². The number of carbonyl (C=O) groups is 1. The number of hydrogen-bond acceptors (Lipinski definition) is 4. The molecule has 0 amide bonds. The summed E-state index contributed by atoms with van der Waals surface area (Å²) in [6, 6.07) is 19.6. The van der Waals surface area contributed by atoms with E-state index in [2.05, 4.69) is 75.4 Å². The average Bonchev–Trinajstić information content (AvgIpc) is 2.79. The standard InChI is InChI=1S/C27H37O4Si/c1-5-29-26(28)20-30-23-15-11-21(12-16-23)19-31-32(24-9-7-6-8-10-24)25-17-13-22(14-18-25)27(2,3)4/h6-10,13-14,17-18,21,23H,5,11-12,15-16,19-20H2,1-4H3. The first-order valence-electron chi connectivity index (χ1n) is 11.8. The van der Waals surface area contributed by atoms with Crippen LogP contribution in [0.15, 0.2) is 54.6 Å². The van der Waals surface area contributed by atoms with Gasteiger partial charge in [-0.1, -0.05) is 75.4 Å². The second kappa shape index (κ2) is 11.8. The molecule has 4 nitrogen and oxygen atoms in total. The highest BCUT2D eigenvalue weighted by atomic mass is 28.3. The fourth-order valence-corrected chi connectivity index (χ4v) is 6.13. The van der Waals surface area contributed by atoms with Gasteiger partial charge in [-0.25, -0.2) is 4.79 Å². The molecule has 1 aliphatic carbocycles. The summed E-state index contributed by atoms with van der Waals surface area (Å²) >= 11 is 0. The van der Waals surface area contributed by atoms with Gasteiger partial charge in [-0.3, -0.25) is 0 Å². The molecule has 0 aromatic heterocycles. The molecule has 173 valence electrons. The van der Waals surface area contributed by atoms with E-state index in [1.165, 1.54) is 15.9 Å². The Morgan fingerprint density at radius 3 is 2.16 bits per heavy atom. The van der Waals surface area contributed by atoms with E-state index in [1.807, 2.05) is 6.92 Å². The van der Waals surface area contributed by atoms with Crippen molar-refractivity contribution in [2.24, 2.45) is 5.92 Å². The molecule has 0 spiro atoms. The summed E-state index contributed by atoms with van der Waals surface area (Å²) in [6.45, 7) is 9.78.